The number of carbonyl (C=O) groups is 1. The molecule has 0 aliphatic carbocycles. The molecule has 0 saturated carbocycles. The SMILES string of the molecule is COc1ccc(-n2ccc(C(=O)Nc3nc4c(C)cc(C)cc4s3)n2)cc1. The molecule has 2 aromatic carbocycles. The highest BCUT2D eigenvalue weighted by Crippen LogP contribution is 2.29. The highest BCUT2D eigenvalue weighted by atomic mass is 32.1. The summed E-state index contributed by atoms with van der Waals surface area (Å²) in [5.41, 5.74) is 4.38. The molecular weight excluding hydrogens is 360 g/mol. The Labute approximate surface area is 160 Å². The molecule has 0 atom stereocenters. The summed E-state index contributed by atoms with van der Waals surface area (Å²) in [5.74, 6) is 0.487. The molecule has 1 N–H and O–H groups in total. The second-order valence-electron chi connectivity index (χ2n) is 6.25. The molecule has 2 heterocycles. The monoisotopic (exact) mass is 378 g/mol. The minimum atomic E-state index is -0.282. The van der Waals surface area contributed by atoms with E-state index in [4.69, 9.17) is 4.74 Å². The number of nitrogens with zero attached hydrogens (tertiary/aromatic N) is 3. The second-order valence-corrected chi connectivity index (χ2v) is 7.28. The van der Waals surface area contributed by atoms with Crippen molar-refractivity contribution in [1.82, 2.24) is 14.8 Å². The molecule has 0 unspecified atom stereocenters. The number of hydrogen-bond donors (Lipinski definition) is 1. The van der Waals surface area contributed by atoms with Crippen molar-refractivity contribution in [2.75, 3.05) is 12.4 Å². The van der Waals surface area contributed by atoms with Gasteiger partial charge >= 0.3 is 0 Å². The van der Waals surface area contributed by atoms with Crippen molar-refractivity contribution in [3.05, 3.63) is 65.5 Å². The van der Waals surface area contributed by atoms with Crippen LogP contribution in [0, 0.1) is 13.8 Å². The lowest BCUT2D eigenvalue weighted by Crippen LogP contribution is -2.13. The minimum Gasteiger partial charge on any atom is -0.497 e. The number of benzene rings is 2. The van der Waals surface area contributed by atoms with Gasteiger partial charge in [0.15, 0.2) is 10.8 Å². The highest BCUT2D eigenvalue weighted by Gasteiger charge is 2.14. The average molecular weight is 378 g/mol. The van der Waals surface area contributed by atoms with E-state index in [2.05, 4.69) is 34.5 Å². The van der Waals surface area contributed by atoms with Gasteiger partial charge in [-0.25, -0.2) is 9.67 Å². The Bertz CT molecular complexity index is 1130. The van der Waals surface area contributed by atoms with Crippen LogP contribution in [0.25, 0.3) is 15.9 Å². The number of rotatable bonds is 4. The molecule has 0 saturated heterocycles. The van der Waals surface area contributed by atoms with Crippen molar-refractivity contribution < 1.29 is 9.53 Å². The first-order chi connectivity index (χ1) is 13.0. The number of carbonyl (C=O) groups excluding carboxylic acids is 1. The van der Waals surface area contributed by atoms with Crippen LogP contribution in [-0.4, -0.2) is 27.8 Å². The van der Waals surface area contributed by atoms with E-state index < -0.39 is 0 Å². The number of aryl methyl sites for hydroxylation is 2. The number of nitrogens with one attached hydrogen (secondary N) is 1. The van der Waals surface area contributed by atoms with Gasteiger partial charge in [0.1, 0.15) is 5.75 Å². The lowest BCUT2D eigenvalue weighted by Gasteiger charge is -2.03. The minimum absolute atomic E-state index is 0.282. The van der Waals surface area contributed by atoms with Crippen LogP contribution in [0.3, 0.4) is 0 Å². The van der Waals surface area contributed by atoms with Crippen molar-refractivity contribution in [2.24, 2.45) is 0 Å². The Morgan fingerprint density at radius 2 is 1.93 bits per heavy atom. The third kappa shape index (κ3) is 3.41. The van der Waals surface area contributed by atoms with E-state index in [1.54, 1.807) is 24.1 Å². The fourth-order valence-corrected chi connectivity index (χ4v) is 3.95. The third-order valence-corrected chi connectivity index (χ3v) is 5.13. The molecule has 1 amide bonds. The topological polar surface area (TPSA) is 69.0 Å². The number of amides is 1. The zero-order valence-corrected chi connectivity index (χ0v) is 16.0. The van der Waals surface area contributed by atoms with Gasteiger partial charge in [-0.05, 0) is 61.4 Å². The number of hydrogen-bond acceptors (Lipinski definition) is 5. The van der Waals surface area contributed by atoms with Crippen molar-refractivity contribution in [1.29, 1.82) is 0 Å². The van der Waals surface area contributed by atoms with Crippen LogP contribution in [0.1, 0.15) is 21.6 Å². The normalized spacial score (nSPS) is 10.9. The number of thiazole rings is 1. The van der Waals surface area contributed by atoms with E-state index in [1.807, 2.05) is 31.2 Å². The number of ether oxygens (including phenoxy) is 1. The first kappa shape index (κ1) is 17.2. The molecule has 0 spiro atoms. The van der Waals surface area contributed by atoms with Gasteiger partial charge in [-0.1, -0.05) is 17.4 Å². The summed E-state index contributed by atoms with van der Waals surface area (Å²) in [7, 11) is 1.62. The number of anilines is 1. The van der Waals surface area contributed by atoms with Crippen LogP contribution in [-0.2, 0) is 0 Å². The lowest BCUT2D eigenvalue weighted by atomic mass is 10.1. The van der Waals surface area contributed by atoms with Gasteiger partial charge in [0.25, 0.3) is 5.91 Å². The molecule has 0 bridgehead atoms. The van der Waals surface area contributed by atoms with E-state index in [9.17, 15) is 4.79 Å². The van der Waals surface area contributed by atoms with Crippen LogP contribution < -0.4 is 10.1 Å². The molecule has 4 aromatic rings. The molecular formula is C20H18N4O2S. The number of methoxy groups -OCH3 is 1. The lowest BCUT2D eigenvalue weighted by molar-refractivity contribution is 0.102. The van der Waals surface area contributed by atoms with Gasteiger partial charge in [-0.15, -0.1) is 0 Å². The first-order valence-corrected chi connectivity index (χ1v) is 9.24. The Morgan fingerprint density at radius 3 is 2.67 bits per heavy atom. The van der Waals surface area contributed by atoms with Crippen LogP contribution in [0.2, 0.25) is 0 Å². The predicted molar refractivity (Wildman–Crippen MR) is 107 cm³/mol. The number of aromatic nitrogens is 3. The van der Waals surface area contributed by atoms with Crippen molar-refractivity contribution >= 4 is 32.6 Å². The quantitative estimate of drug-likeness (QED) is 0.573. The molecule has 7 heteroatoms. The second kappa shape index (κ2) is 6.85. The van der Waals surface area contributed by atoms with Gasteiger partial charge in [0, 0.05) is 6.20 Å². The molecule has 136 valence electrons. The molecule has 0 aliphatic heterocycles. The van der Waals surface area contributed by atoms with Crippen LogP contribution in [0.5, 0.6) is 5.75 Å². The van der Waals surface area contributed by atoms with Crippen LogP contribution in [0.4, 0.5) is 5.13 Å². The smallest absolute Gasteiger partial charge is 0.277 e. The largest absolute Gasteiger partial charge is 0.497 e. The van der Waals surface area contributed by atoms with Gasteiger partial charge in [0.05, 0.1) is 23.0 Å². The van der Waals surface area contributed by atoms with Crippen LogP contribution >= 0.6 is 11.3 Å². The van der Waals surface area contributed by atoms with Gasteiger partial charge in [-0.2, -0.15) is 5.10 Å². The third-order valence-electron chi connectivity index (χ3n) is 4.21. The molecule has 2 aromatic heterocycles. The molecule has 6 nitrogen and oxygen atoms in total. The highest BCUT2D eigenvalue weighted by molar-refractivity contribution is 7.22. The fourth-order valence-electron chi connectivity index (χ4n) is 2.91. The fraction of sp³-hybridized carbons (Fsp3) is 0.150. The molecule has 4 rings (SSSR count). The molecule has 27 heavy (non-hydrogen) atoms. The van der Waals surface area contributed by atoms with E-state index in [0.29, 0.717) is 10.8 Å². The maximum atomic E-state index is 12.5. The number of fused-ring (bicyclic) bond motifs is 1. The van der Waals surface area contributed by atoms with Crippen molar-refractivity contribution in [3.8, 4) is 11.4 Å². The van der Waals surface area contributed by atoms with Crippen molar-refractivity contribution in [2.45, 2.75) is 13.8 Å². The molecule has 0 fully saturated rings. The first-order valence-electron chi connectivity index (χ1n) is 8.43. The summed E-state index contributed by atoms with van der Waals surface area (Å²) in [6, 6.07) is 13.3. The predicted octanol–water partition coefficient (Wildman–Crippen LogP) is 4.36. The maximum Gasteiger partial charge on any atom is 0.277 e. The Kier molecular flexibility index (Phi) is 4.37. The Balaban J connectivity index is 1.55. The zero-order valence-electron chi connectivity index (χ0n) is 15.2. The van der Waals surface area contributed by atoms with E-state index in [0.717, 1.165) is 27.2 Å². The van der Waals surface area contributed by atoms with E-state index in [-0.39, 0.29) is 5.91 Å². The summed E-state index contributed by atoms with van der Waals surface area (Å²) in [5, 5.41) is 7.78. The molecule has 0 radical (unpaired) electrons. The van der Waals surface area contributed by atoms with Gasteiger partial charge < -0.3 is 4.74 Å². The Morgan fingerprint density at radius 1 is 1.15 bits per heavy atom. The maximum absolute atomic E-state index is 12.5. The van der Waals surface area contributed by atoms with Crippen molar-refractivity contribution in [3.63, 3.8) is 0 Å². The standard InChI is InChI=1S/C20H18N4O2S/c1-12-10-13(2)18-17(11-12)27-20(21-18)22-19(25)16-8-9-24(23-16)14-4-6-15(26-3)7-5-14/h4-11H,1-3H3,(H,21,22,25). The average Bonchev–Trinajstić information content (AvgIpc) is 3.29. The zero-order chi connectivity index (χ0) is 19.0. The Hall–Kier alpha value is -3.19. The van der Waals surface area contributed by atoms with Gasteiger partial charge in [0.2, 0.25) is 0 Å². The summed E-state index contributed by atoms with van der Waals surface area (Å²) in [4.78, 5) is 17.1. The summed E-state index contributed by atoms with van der Waals surface area (Å²) in [6.45, 7) is 4.08. The van der Waals surface area contributed by atoms with E-state index in [1.165, 1.54) is 16.9 Å². The van der Waals surface area contributed by atoms with Crippen LogP contribution in [0.15, 0.2) is 48.7 Å². The summed E-state index contributed by atoms with van der Waals surface area (Å²) >= 11 is 1.46. The summed E-state index contributed by atoms with van der Waals surface area (Å²) < 4.78 is 7.87. The van der Waals surface area contributed by atoms with Gasteiger partial charge in [-0.3, -0.25) is 10.1 Å². The summed E-state index contributed by atoms with van der Waals surface area (Å²) in [6.07, 6.45) is 1.75. The van der Waals surface area contributed by atoms with E-state index >= 15 is 0 Å². The molecule has 0 aliphatic rings.